The summed E-state index contributed by atoms with van der Waals surface area (Å²) >= 11 is 0. The van der Waals surface area contributed by atoms with Crippen LogP contribution in [0.5, 0.6) is 0 Å². The Hall–Kier alpha value is 0.220. The number of nitrogens with zero attached hydrogens (tertiary/aromatic N) is 2. The van der Waals surface area contributed by atoms with E-state index < -0.39 is 0 Å². The number of rotatable bonds is 3. The van der Waals surface area contributed by atoms with Gasteiger partial charge in [-0.3, -0.25) is 9.69 Å². The minimum atomic E-state index is -0.114. The third-order valence-electron chi connectivity index (χ3n) is 5.97. The Kier molecular flexibility index (Phi) is 10.5. The van der Waals surface area contributed by atoms with Crippen molar-refractivity contribution in [2.75, 3.05) is 53.4 Å². The molecule has 144 valence electrons. The second-order valence-corrected chi connectivity index (χ2v) is 7.34. The van der Waals surface area contributed by atoms with Crippen LogP contribution in [0.2, 0.25) is 0 Å². The fourth-order valence-corrected chi connectivity index (χ4v) is 4.40. The van der Waals surface area contributed by atoms with Gasteiger partial charge in [-0.25, -0.2) is 0 Å². The number of halogens is 3. The van der Waals surface area contributed by atoms with Crippen LogP contribution in [0.15, 0.2) is 0 Å². The average Bonchev–Trinajstić information content (AvgIpc) is 2.93. The highest BCUT2D eigenvalue weighted by Crippen LogP contribution is 2.43. The fraction of sp³-hybridized carbons (Fsp3) is 0.938. The summed E-state index contributed by atoms with van der Waals surface area (Å²) in [5, 5.41) is 6.75. The smallest absolute Gasteiger partial charge is 0.227 e. The maximum Gasteiger partial charge on any atom is 0.227 e. The highest BCUT2D eigenvalue weighted by atomic mass is 35.5. The predicted octanol–water partition coefficient (Wildman–Crippen LogP) is 1.39. The Morgan fingerprint density at radius 1 is 1.21 bits per heavy atom. The van der Waals surface area contributed by atoms with Gasteiger partial charge in [0.2, 0.25) is 5.91 Å². The van der Waals surface area contributed by atoms with Crippen LogP contribution >= 0.6 is 37.2 Å². The van der Waals surface area contributed by atoms with Gasteiger partial charge in [-0.2, -0.15) is 0 Å². The molecule has 1 unspecified atom stereocenters. The Bertz CT molecular complexity index is 402. The van der Waals surface area contributed by atoms with Crippen molar-refractivity contribution in [1.29, 1.82) is 0 Å². The Labute approximate surface area is 164 Å². The lowest BCUT2D eigenvalue weighted by molar-refractivity contribution is -0.134. The summed E-state index contributed by atoms with van der Waals surface area (Å²) in [6.07, 6.45) is 4.78. The molecule has 0 aromatic heterocycles. The lowest BCUT2D eigenvalue weighted by Gasteiger charge is -2.40. The van der Waals surface area contributed by atoms with Gasteiger partial charge in [-0.15, -0.1) is 37.2 Å². The number of carbonyl (C=O) groups is 1. The van der Waals surface area contributed by atoms with E-state index in [0.29, 0.717) is 17.9 Å². The van der Waals surface area contributed by atoms with Crippen LogP contribution in [-0.2, 0) is 4.79 Å². The van der Waals surface area contributed by atoms with Crippen molar-refractivity contribution >= 4 is 43.1 Å². The summed E-state index contributed by atoms with van der Waals surface area (Å²) < 4.78 is 0. The van der Waals surface area contributed by atoms with Gasteiger partial charge < -0.3 is 15.5 Å². The summed E-state index contributed by atoms with van der Waals surface area (Å²) in [4.78, 5) is 17.6. The van der Waals surface area contributed by atoms with Crippen LogP contribution in [-0.4, -0.2) is 75.1 Å². The second kappa shape index (κ2) is 10.4. The van der Waals surface area contributed by atoms with E-state index in [1.54, 1.807) is 0 Å². The van der Waals surface area contributed by atoms with Crippen LogP contribution in [0.1, 0.15) is 25.7 Å². The fourth-order valence-electron chi connectivity index (χ4n) is 4.40. The van der Waals surface area contributed by atoms with Crippen LogP contribution in [0.3, 0.4) is 0 Å². The minimum absolute atomic E-state index is 0. The van der Waals surface area contributed by atoms with Gasteiger partial charge >= 0.3 is 0 Å². The summed E-state index contributed by atoms with van der Waals surface area (Å²) in [5.41, 5.74) is -0.114. The van der Waals surface area contributed by atoms with Crippen LogP contribution in [0.25, 0.3) is 0 Å². The molecule has 3 aliphatic rings. The number of hydrogen-bond donors (Lipinski definition) is 2. The monoisotopic (exact) mass is 402 g/mol. The molecule has 0 radical (unpaired) electrons. The zero-order valence-corrected chi connectivity index (χ0v) is 17.2. The molecule has 1 saturated carbocycles. The molecule has 8 heteroatoms. The van der Waals surface area contributed by atoms with E-state index in [4.69, 9.17) is 0 Å². The highest BCUT2D eigenvalue weighted by Gasteiger charge is 2.49. The van der Waals surface area contributed by atoms with Gasteiger partial charge in [-0.05, 0) is 39.4 Å². The van der Waals surface area contributed by atoms with Gasteiger partial charge in [0, 0.05) is 38.8 Å². The average molecular weight is 404 g/mol. The number of piperazine rings is 1. The van der Waals surface area contributed by atoms with E-state index >= 15 is 0 Å². The molecule has 5 nitrogen and oxygen atoms in total. The molecule has 1 aliphatic carbocycles. The summed E-state index contributed by atoms with van der Waals surface area (Å²) in [5.74, 6) is 0.858. The van der Waals surface area contributed by atoms with Crippen molar-refractivity contribution in [1.82, 2.24) is 20.4 Å². The predicted molar refractivity (Wildman–Crippen MR) is 106 cm³/mol. The SMILES string of the molecule is CN1CCN(C)C(CNC(=O)[C@@]23CCCC[C@H]2CNC3)C1.Cl.Cl.Cl. The van der Waals surface area contributed by atoms with Gasteiger partial charge in [0.1, 0.15) is 0 Å². The van der Waals surface area contributed by atoms with Crippen molar-refractivity contribution in [3.63, 3.8) is 0 Å². The summed E-state index contributed by atoms with van der Waals surface area (Å²) in [6, 6.07) is 0.445. The molecule has 0 aromatic carbocycles. The number of carbonyl (C=O) groups excluding carboxylic acids is 1. The molecular formula is C16H33Cl3N4O. The van der Waals surface area contributed by atoms with Gasteiger partial charge in [0.05, 0.1) is 5.41 Å². The summed E-state index contributed by atoms with van der Waals surface area (Å²) in [6.45, 7) is 5.95. The molecule has 24 heavy (non-hydrogen) atoms. The van der Waals surface area contributed by atoms with Gasteiger partial charge in [0.25, 0.3) is 0 Å². The molecular weight excluding hydrogens is 371 g/mol. The Morgan fingerprint density at radius 3 is 2.71 bits per heavy atom. The second-order valence-electron chi connectivity index (χ2n) is 7.34. The Balaban J connectivity index is 0.00000176. The van der Waals surface area contributed by atoms with Crippen molar-refractivity contribution in [2.45, 2.75) is 31.7 Å². The van der Waals surface area contributed by atoms with Crippen LogP contribution in [0.4, 0.5) is 0 Å². The third kappa shape index (κ3) is 4.89. The first kappa shape index (κ1) is 24.2. The molecule has 3 atom stereocenters. The largest absolute Gasteiger partial charge is 0.354 e. The topological polar surface area (TPSA) is 47.6 Å². The molecule has 0 spiro atoms. The van der Waals surface area contributed by atoms with Crippen molar-refractivity contribution in [3.8, 4) is 0 Å². The van der Waals surface area contributed by atoms with E-state index in [1.165, 1.54) is 19.3 Å². The van der Waals surface area contributed by atoms with E-state index in [1.807, 2.05) is 0 Å². The van der Waals surface area contributed by atoms with Gasteiger partial charge in [-0.1, -0.05) is 12.8 Å². The molecule has 3 fully saturated rings. The zero-order chi connectivity index (χ0) is 14.9. The molecule has 1 amide bonds. The number of hydrogen-bond acceptors (Lipinski definition) is 4. The third-order valence-corrected chi connectivity index (χ3v) is 5.97. The van der Waals surface area contributed by atoms with Crippen molar-refractivity contribution < 1.29 is 4.79 Å². The van der Waals surface area contributed by atoms with Gasteiger partial charge in [0.15, 0.2) is 0 Å². The van der Waals surface area contributed by atoms with E-state index in [9.17, 15) is 4.79 Å². The van der Waals surface area contributed by atoms with Crippen LogP contribution in [0, 0.1) is 11.3 Å². The molecule has 2 N–H and O–H groups in total. The number of amides is 1. The lowest BCUT2D eigenvalue weighted by Crippen LogP contribution is -2.56. The minimum Gasteiger partial charge on any atom is -0.354 e. The van der Waals surface area contributed by atoms with Crippen molar-refractivity contribution in [3.05, 3.63) is 0 Å². The zero-order valence-electron chi connectivity index (χ0n) is 14.8. The standard InChI is InChI=1S/C16H30N4O.3ClH/c1-19-7-8-20(2)14(11-19)10-18-15(21)16-6-4-3-5-13(16)9-17-12-16;;;/h13-14,17H,3-12H2,1-2H3,(H,18,21);3*1H/t13-,14?,16+;;;/m0.../s1. The molecule has 0 bridgehead atoms. The molecule has 3 rings (SSSR count). The first-order chi connectivity index (χ1) is 10.1. The maximum absolute atomic E-state index is 12.8. The number of nitrogens with one attached hydrogen (secondary N) is 2. The van der Waals surface area contributed by atoms with Crippen LogP contribution < -0.4 is 10.6 Å². The first-order valence-corrected chi connectivity index (χ1v) is 8.49. The van der Waals surface area contributed by atoms with E-state index in [0.717, 1.165) is 45.7 Å². The number of fused-ring (bicyclic) bond motifs is 1. The molecule has 2 aliphatic heterocycles. The quantitative estimate of drug-likeness (QED) is 0.748. The lowest BCUT2D eigenvalue weighted by atomic mass is 9.67. The van der Waals surface area contributed by atoms with E-state index in [2.05, 4.69) is 34.5 Å². The molecule has 2 heterocycles. The normalized spacial score (nSPS) is 33.4. The Morgan fingerprint density at radius 2 is 1.96 bits per heavy atom. The highest BCUT2D eigenvalue weighted by molar-refractivity contribution is 5.86. The van der Waals surface area contributed by atoms with E-state index in [-0.39, 0.29) is 42.6 Å². The molecule has 0 aromatic rings. The first-order valence-electron chi connectivity index (χ1n) is 8.49. The maximum atomic E-state index is 12.8. The van der Waals surface area contributed by atoms with Crippen molar-refractivity contribution in [2.24, 2.45) is 11.3 Å². The molecule has 2 saturated heterocycles. The summed E-state index contributed by atoms with van der Waals surface area (Å²) in [7, 11) is 4.33. The number of likely N-dealkylation sites (N-methyl/N-ethyl adjacent to an activating group) is 2.